The van der Waals surface area contributed by atoms with Crippen LogP contribution in [-0.2, 0) is 11.3 Å². The molecule has 0 radical (unpaired) electrons. The molecule has 0 bridgehead atoms. The van der Waals surface area contributed by atoms with E-state index in [2.05, 4.69) is 28.2 Å². The van der Waals surface area contributed by atoms with Crippen LogP contribution >= 0.6 is 0 Å². The van der Waals surface area contributed by atoms with Gasteiger partial charge in [0, 0.05) is 25.8 Å². The first-order chi connectivity index (χ1) is 10.3. The number of nitrogens with zero attached hydrogens (tertiary/aromatic N) is 2. The summed E-state index contributed by atoms with van der Waals surface area (Å²) in [6, 6.07) is 13.7. The molecule has 1 aliphatic heterocycles. The van der Waals surface area contributed by atoms with E-state index in [4.69, 9.17) is 0 Å². The molecule has 1 amide bonds. The molecule has 3 rings (SSSR count). The highest BCUT2D eigenvalue weighted by Gasteiger charge is 2.31. The second-order valence-corrected chi connectivity index (χ2v) is 5.34. The quantitative estimate of drug-likeness (QED) is 0.936. The molecule has 4 nitrogen and oxygen atoms in total. The number of aryl methyl sites for hydroxylation is 1. The molecule has 0 aliphatic carbocycles. The Kier molecular flexibility index (Phi) is 3.97. The predicted octanol–water partition coefficient (Wildman–Crippen LogP) is 2.06. The summed E-state index contributed by atoms with van der Waals surface area (Å²) >= 11 is 0. The highest BCUT2D eigenvalue weighted by Crippen LogP contribution is 2.27. The molecule has 1 fully saturated rings. The van der Waals surface area contributed by atoms with Gasteiger partial charge < -0.3 is 5.32 Å². The van der Waals surface area contributed by atoms with Gasteiger partial charge in [0.1, 0.15) is 6.04 Å². The summed E-state index contributed by atoms with van der Waals surface area (Å²) in [4.78, 5) is 18.9. The monoisotopic (exact) mass is 281 g/mol. The molecule has 21 heavy (non-hydrogen) atoms. The van der Waals surface area contributed by atoms with E-state index in [9.17, 15) is 4.79 Å². The van der Waals surface area contributed by atoms with Crippen molar-refractivity contribution in [2.24, 2.45) is 0 Å². The van der Waals surface area contributed by atoms with Crippen molar-refractivity contribution in [2.75, 3.05) is 13.1 Å². The Balaban J connectivity index is 1.90. The maximum absolute atomic E-state index is 12.4. The predicted molar refractivity (Wildman–Crippen MR) is 81.6 cm³/mol. The van der Waals surface area contributed by atoms with E-state index in [-0.39, 0.29) is 11.9 Å². The Labute approximate surface area is 124 Å². The molecule has 0 saturated carbocycles. The summed E-state index contributed by atoms with van der Waals surface area (Å²) in [5, 5.41) is 2.97. The fourth-order valence-corrected chi connectivity index (χ4v) is 2.82. The van der Waals surface area contributed by atoms with E-state index in [1.807, 2.05) is 36.4 Å². The van der Waals surface area contributed by atoms with Crippen LogP contribution in [0.3, 0.4) is 0 Å². The van der Waals surface area contributed by atoms with Gasteiger partial charge in [-0.1, -0.05) is 30.3 Å². The molecule has 108 valence electrons. The second-order valence-electron chi connectivity index (χ2n) is 5.34. The zero-order chi connectivity index (χ0) is 14.7. The lowest BCUT2D eigenvalue weighted by Crippen LogP contribution is -2.49. The number of carbonyl (C=O) groups is 1. The molecule has 4 heteroatoms. The zero-order valence-corrected chi connectivity index (χ0v) is 12.1. The summed E-state index contributed by atoms with van der Waals surface area (Å²) < 4.78 is 0. The second kappa shape index (κ2) is 6.06. The number of nitrogens with one attached hydrogen (secondary N) is 1. The summed E-state index contributed by atoms with van der Waals surface area (Å²) in [5.74, 6) is 0.0754. The zero-order valence-electron chi connectivity index (χ0n) is 12.1. The average Bonchev–Trinajstić information content (AvgIpc) is 2.50. The van der Waals surface area contributed by atoms with Crippen LogP contribution in [0.5, 0.6) is 0 Å². The smallest absolute Gasteiger partial charge is 0.242 e. The maximum Gasteiger partial charge on any atom is 0.242 e. The Morgan fingerprint density at radius 3 is 2.81 bits per heavy atom. The van der Waals surface area contributed by atoms with Gasteiger partial charge in [-0.05, 0) is 30.2 Å². The van der Waals surface area contributed by atoms with Crippen molar-refractivity contribution < 1.29 is 4.79 Å². The summed E-state index contributed by atoms with van der Waals surface area (Å²) in [6.07, 6.45) is 1.79. The van der Waals surface area contributed by atoms with Crippen molar-refractivity contribution in [3.63, 3.8) is 0 Å². The lowest BCUT2D eigenvalue weighted by Gasteiger charge is -2.35. The van der Waals surface area contributed by atoms with E-state index in [1.165, 1.54) is 0 Å². The first kappa shape index (κ1) is 13.8. The molecule has 1 aliphatic rings. The van der Waals surface area contributed by atoms with Gasteiger partial charge in [-0.2, -0.15) is 0 Å². The van der Waals surface area contributed by atoms with Gasteiger partial charge in [0.25, 0.3) is 0 Å². The van der Waals surface area contributed by atoms with E-state index in [0.29, 0.717) is 13.1 Å². The van der Waals surface area contributed by atoms with E-state index in [0.717, 1.165) is 23.4 Å². The van der Waals surface area contributed by atoms with Crippen LogP contribution < -0.4 is 5.32 Å². The van der Waals surface area contributed by atoms with Crippen LogP contribution in [-0.4, -0.2) is 28.9 Å². The third kappa shape index (κ3) is 2.95. The first-order valence-electron chi connectivity index (χ1n) is 7.23. The van der Waals surface area contributed by atoms with E-state index < -0.39 is 0 Å². The largest absolute Gasteiger partial charge is 0.353 e. The Hall–Kier alpha value is -2.20. The topological polar surface area (TPSA) is 45.2 Å². The Bertz CT molecular complexity index is 627. The number of aromatic nitrogens is 1. The van der Waals surface area contributed by atoms with Gasteiger partial charge in [0.05, 0.1) is 5.69 Å². The van der Waals surface area contributed by atoms with Gasteiger partial charge in [0.15, 0.2) is 0 Å². The van der Waals surface area contributed by atoms with Crippen LogP contribution in [0.1, 0.15) is 22.9 Å². The highest BCUT2D eigenvalue weighted by atomic mass is 16.2. The van der Waals surface area contributed by atoms with Crippen molar-refractivity contribution in [1.29, 1.82) is 0 Å². The number of rotatable bonds is 3. The number of hydrogen-bond acceptors (Lipinski definition) is 3. The highest BCUT2D eigenvalue weighted by molar-refractivity contribution is 5.84. The van der Waals surface area contributed by atoms with Crippen molar-refractivity contribution >= 4 is 5.91 Å². The minimum absolute atomic E-state index is 0.0754. The number of carbonyl (C=O) groups excluding carboxylic acids is 1. The summed E-state index contributed by atoms with van der Waals surface area (Å²) in [7, 11) is 0. The minimum atomic E-state index is -0.234. The van der Waals surface area contributed by atoms with Crippen molar-refractivity contribution in [2.45, 2.75) is 19.5 Å². The molecule has 2 heterocycles. The lowest BCUT2D eigenvalue weighted by atomic mass is 9.97. The van der Waals surface area contributed by atoms with Crippen molar-refractivity contribution in [3.8, 4) is 0 Å². The van der Waals surface area contributed by atoms with Gasteiger partial charge in [-0.15, -0.1) is 0 Å². The number of piperazine rings is 1. The molecular weight excluding hydrogens is 262 g/mol. The summed E-state index contributed by atoms with van der Waals surface area (Å²) in [5.41, 5.74) is 3.21. The normalized spacial score (nSPS) is 19.3. The van der Waals surface area contributed by atoms with Crippen LogP contribution in [0, 0.1) is 6.92 Å². The van der Waals surface area contributed by atoms with Gasteiger partial charge in [-0.25, -0.2) is 0 Å². The standard InChI is InChI=1S/C17H19N3O/c1-13-6-2-3-8-15(13)16-17(21)19-10-11-20(16)12-14-7-4-5-9-18-14/h2-9,16H,10-12H2,1H3,(H,19,21). The van der Waals surface area contributed by atoms with Crippen molar-refractivity contribution in [3.05, 3.63) is 65.5 Å². The van der Waals surface area contributed by atoms with Crippen LogP contribution in [0.2, 0.25) is 0 Å². The molecule has 1 N–H and O–H groups in total. The number of amides is 1. The van der Waals surface area contributed by atoms with Crippen molar-refractivity contribution in [1.82, 2.24) is 15.2 Å². The first-order valence-corrected chi connectivity index (χ1v) is 7.23. The molecule has 1 aromatic carbocycles. The Morgan fingerprint density at radius 2 is 2.05 bits per heavy atom. The fourth-order valence-electron chi connectivity index (χ4n) is 2.82. The minimum Gasteiger partial charge on any atom is -0.353 e. The maximum atomic E-state index is 12.4. The fraction of sp³-hybridized carbons (Fsp3) is 0.294. The third-order valence-electron chi connectivity index (χ3n) is 3.89. The SMILES string of the molecule is Cc1ccccc1C1C(=O)NCCN1Cc1ccccn1. The molecule has 2 aromatic rings. The summed E-state index contributed by atoms with van der Waals surface area (Å²) in [6.45, 7) is 4.26. The molecular formula is C17H19N3O. The lowest BCUT2D eigenvalue weighted by molar-refractivity contribution is -0.129. The molecule has 0 spiro atoms. The molecule has 1 aromatic heterocycles. The van der Waals surface area contributed by atoms with Gasteiger partial charge in [0.2, 0.25) is 5.91 Å². The van der Waals surface area contributed by atoms with Crippen LogP contribution in [0.15, 0.2) is 48.7 Å². The Morgan fingerprint density at radius 1 is 1.24 bits per heavy atom. The molecule has 1 saturated heterocycles. The van der Waals surface area contributed by atoms with Crippen LogP contribution in [0.4, 0.5) is 0 Å². The third-order valence-corrected chi connectivity index (χ3v) is 3.89. The van der Waals surface area contributed by atoms with Gasteiger partial charge >= 0.3 is 0 Å². The number of hydrogen-bond donors (Lipinski definition) is 1. The van der Waals surface area contributed by atoms with Crippen LogP contribution in [0.25, 0.3) is 0 Å². The molecule has 1 atom stereocenters. The number of benzene rings is 1. The van der Waals surface area contributed by atoms with E-state index >= 15 is 0 Å². The van der Waals surface area contributed by atoms with E-state index in [1.54, 1.807) is 6.20 Å². The number of pyridine rings is 1. The molecule has 1 unspecified atom stereocenters. The average molecular weight is 281 g/mol. The van der Waals surface area contributed by atoms with Gasteiger partial charge in [-0.3, -0.25) is 14.7 Å².